The van der Waals surface area contributed by atoms with E-state index in [9.17, 15) is 4.79 Å². The molecule has 0 rings (SSSR count). The quantitative estimate of drug-likeness (QED) is 0.447. The molecule has 3 nitrogen and oxygen atoms in total. The van der Waals surface area contributed by atoms with Gasteiger partial charge in [0.25, 0.3) is 0 Å². The number of aliphatic carboxylic acids is 1. The highest BCUT2D eigenvalue weighted by Crippen LogP contribution is 1.93. The summed E-state index contributed by atoms with van der Waals surface area (Å²) in [5.41, 5.74) is 0.398. The summed E-state index contributed by atoms with van der Waals surface area (Å²) in [5, 5.41) is 16.7. The van der Waals surface area contributed by atoms with Gasteiger partial charge in [0.15, 0.2) is 0 Å². The van der Waals surface area contributed by atoms with Crippen LogP contribution in [-0.4, -0.2) is 22.8 Å². The standard InChI is InChI=1S/C7H10O3/c1-2-3-6(5-8)4-7(9)10/h2-4,8H,5H2,1H3,(H,9,10)/b3-2+,6-4-. The van der Waals surface area contributed by atoms with E-state index in [1.54, 1.807) is 19.1 Å². The number of aliphatic hydroxyl groups is 1. The molecular weight excluding hydrogens is 132 g/mol. The number of aliphatic hydroxyl groups excluding tert-OH is 1. The summed E-state index contributed by atoms with van der Waals surface area (Å²) in [6.07, 6.45) is 4.19. The zero-order valence-electron chi connectivity index (χ0n) is 5.74. The molecule has 0 saturated carbocycles. The lowest BCUT2D eigenvalue weighted by molar-refractivity contribution is -0.131. The maximum absolute atomic E-state index is 10.0. The van der Waals surface area contributed by atoms with Gasteiger partial charge in [0.1, 0.15) is 0 Å². The molecule has 0 aliphatic heterocycles. The highest BCUT2D eigenvalue weighted by atomic mass is 16.4. The van der Waals surface area contributed by atoms with Crippen LogP contribution in [0.2, 0.25) is 0 Å². The Morgan fingerprint density at radius 1 is 1.60 bits per heavy atom. The van der Waals surface area contributed by atoms with Crippen LogP contribution in [0.15, 0.2) is 23.8 Å². The lowest BCUT2D eigenvalue weighted by Crippen LogP contribution is -1.93. The van der Waals surface area contributed by atoms with Crippen molar-refractivity contribution in [3.8, 4) is 0 Å². The van der Waals surface area contributed by atoms with Gasteiger partial charge >= 0.3 is 5.97 Å². The minimum Gasteiger partial charge on any atom is -0.478 e. The van der Waals surface area contributed by atoms with Gasteiger partial charge < -0.3 is 10.2 Å². The summed E-state index contributed by atoms with van der Waals surface area (Å²) in [7, 11) is 0. The molecule has 10 heavy (non-hydrogen) atoms. The molecule has 0 fully saturated rings. The molecule has 0 spiro atoms. The number of carbonyl (C=O) groups is 1. The monoisotopic (exact) mass is 142 g/mol. The van der Waals surface area contributed by atoms with E-state index in [-0.39, 0.29) is 6.61 Å². The third-order valence-corrected chi connectivity index (χ3v) is 0.872. The lowest BCUT2D eigenvalue weighted by Gasteiger charge is -1.91. The topological polar surface area (TPSA) is 57.5 Å². The molecule has 0 aliphatic rings. The van der Waals surface area contributed by atoms with Crippen LogP contribution in [0.3, 0.4) is 0 Å². The van der Waals surface area contributed by atoms with Crippen molar-refractivity contribution in [1.82, 2.24) is 0 Å². The van der Waals surface area contributed by atoms with Crippen molar-refractivity contribution in [2.75, 3.05) is 6.61 Å². The lowest BCUT2D eigenvalue weighted by atomic mass is 10.2. The fourth-order valence-corrected chi connectivity index (χ4v) is 0.519. The van der Waals surface area contributed by atoms with Gasteiger partial charge in [0.2, 0.25) is 0 Å². The summed E-state index contributed by atoms with van der Waals surface area (Å²) in [4.78, 5) is 10.0. The minimum atomic E-state index is -1.04. The molecule has 3 heteroatoms. The Bertz CT molecular complexity index is 168. The molecule has 0 atom stereocenters. The van der Waals surface area contributed by atoms with Gasteiger partial charge in [0, 0.05) is 6.08 Å². The van der Waals surface area contributed by atoms with Crippen LogP contribution in [0.4, 0.5) is 0 Å². The molecule has 2 N–H and O–H groups in total. The molecule has 0 radical (unpaired) electrons. The van der Waals surface area contributed by atoms with Gasteiger partial charge in [-0.25, -0.2) is 4.79 Å². The number of carboxylic acid groups (broad SMARTS) is 1. The van der Waals surface area contributed by atoms with Crippen LogP contribution < -0.4 is 0 Å². The number of allylic oxidation sites excluding steroid dienone is 1. The van der Waals surface area contributed by atoms with E-state index < -0.39 is 5.97 Å². The largest absolute Gasteiger partial charge is 0.478 e. The smallest absolute Gasteiger partial charge is 0.328 e. The molecule has 0 aromatic rings. The third-order valence-electron chi connectivity index (χ3n) is 0.872. The SMILES string of the molecule is C/C=C/C(=C/C(=O)O)CO. The first-order valence-corrected chi connectivity index (χ1v) is 2.87. The van der Waals surface area contributed by atoms with Crippen molar-refractivity contribution in [2.45, 2.75) is 6.92 Å². The van der Waals surface area contributed by atoms with Crippen molar-refractivity contribution in [3.05, 3.63) is 23.8 Å². The molecule has 56 valence electrons. The Morgan fingerprint density at radius 3 is 2.50 bits per heavy atom. The second-order valence-electron chi connectivity index (χ2n) is 1.72. The maximum atomic E-state index is 10.0. The Labute approximate surface area is 59.3 Å². The average molecular weight is 142 g/mol. The summed E-state index contributed by atoms with van der Waals surface area (Å²) in [6, 6.07) is 0. The van der Waals surface area contributed by atoms with Crippen LogP contribution in [-0.2, 0) is 4.79 Å². The zero-order chi connectivity index (χ0) is 7.98. The van der Waals surface area contributed by atoms with Crippen LogP contribution in [0.1, 0.15) is 6.92 Å². The zero-order valence-corrected chi connectivity index (χ0v) is 5.74. The van der Waals surface area contributed by atoms with Crippen molar-refractivity contribution in [3.63, 3.8) is 0 Å². The van der Waals surface area contributed by atoms with Crippen LogP contribution in [0.5, 0.6) is 0 Å². The highest BCUT2D eigenvalue weighted by Gasteiger charge is 1.92. The summed E-state index contributed by atoms with van der Waals surface area (Å²) in [5.74, 6) is -1.04. The van der Waals surface area contributed by atoms with E-state index in [0.717, 1.165) is 6.08 Å². The summed E-state index contributed by atoms with van der Waals surface area (Å²) >= 11 is 0. The first-order valence-electron chi connectivity index (χ1n) is 2.87. The van der Waals surface area contributed by atoms with E-state index in [4.69, 9.17) is 10.2 Å². The summed E-state index contributed by atoms with van der Waals surface area (Å²) in [6.45, 7) is 1.52. The highest BCUT2D eigenvalue weighted by molar-refractivity contribution is 5.81. The molecule has 0 bridgehead atoms. The molecule has 0 amide bonds. The Kier molecular flexibility index (Phi) is 4.24. The predicted molar refractivity (Wildman–Crippen MR) is 37.6 cm³/mol. The van der Waals surface area contributed by atoms with E-state index in [2.05, 4.69) is 0 Å². The van der Waals surface area contributed by atoms with E-state index in [1.807, 2.05) is 0 Å². The molecule has 0 unspecified atom stereocenters. The van der Waals surface area contributed by atoms with E-state index in [0.29, 0.717) is 5.57 Å². The van der Waals surface area contributed by atoms with Crippen molar-refractivity contribution < 1.29 is 15.0 Å². The van der Waals surface area contributed by atoms with Crippen molar-refractivity contribution >= 4 is 5.97 Å². The molecule has 0 aromatic heterocycles. The first kappa shape index (κ1) is 8.91. The van der Waals surface area contributed by atoms with Crippen LogP contribution in [0.25, 0.3) is 0 Å². The first-order chi connectivity index (χ1) is 4.70. The number of hydrogen-bond donors (Lipinski definition) is 2. The molecular formula is C7H10O3. The summed E-state index contributed by atoms with van der Waals surface area (Å²) < 4.78 is 0. The number of carboxylic acids is 1. The van der Waals surface area contributed by atoms with Crippen LogP contribution >= 0.6 is 0 Å². The normalized spacial score (nSPS) is 12.4. The Morgan fingerprint density at radius 2 is 2.20 bits per heavy atom. The number of rotatable bonds is 3. The molecule has 0 heterocycles. The fraction of sp³-hybridized carbons (Fsp3) is 0.286. The average Bonchev–Trinajstić information content (AvgIpc) is 1.86. The third kappa shape index (κ3) is 3.86. The number of hydrogen-bond acceptors (Lipinski definition) is 2. The Hall–Kier alpha value is -1.09. The molecule has 0 aromatic carbocycles. The maximum Gasteiger partial charge on any atom is 0.328 e. The van der Waals surface area contributed by atoms with Gasteiger partial charge in [-0.15, -0.1) is 0 Å². The second kappa shape index (κ2) is 4.76. The molecule has 0 saturated heterocycles. The van der Waals surface area contributed by atoms with Gasteiger partial charge in [0.05, 0.1) is 6.61 Å². The van der Waals surface area contributed by atoms with Gasteiger partial charge in [-0.1, -0.05) is 12.2 Å². The van der Waals surface area contributed by atoms with E-state index in [1.165, 1.54) is 0 Å². The second-order valence-corrected chi connectivity index (χ2v) is 1.72. The predicted octanol–water partition coefficient (Wildman–Crippen LogP) is 0.566. The molecule has 0 aliphatic carbocycles. The van der Waals surface area contributed by atoms with Gasteiger partial charge in [-0.3, -0.25) is 0 Å². The Balaban J connectivity index is 4.18. The van der Waals surface area contributed by atoms with E-state index >= 15 is 0 Å². The fourth-order valence-electron chi connectivity index (χ4n) is 0.519. The van der Waals surface area contributed by atoms with Crippen molar-refractivity contribution in [2.24, 2.45) is 0 Å². The van der Waals surface area contributed by atoms with Crippen molar-refractivity contribution in [1.29, 1.82) is 0 Å². The van der Waals surface area contributed by atoms with Crippen LogP contribution in [0, 0.1) is 0 Å². The van der Waals surface area contributed by atoms with Gasteiger partial charge in [-0.05, 0) is 12.5 Å². The van der Waals surface area contributed by atoms with Gasteiger partial charge in [-0.2, -0.15) is 0 Å². The minimum absolute atomic E-state index is 0.239.